The van der Waals surface area contributed by atoms with Crippen molar-refractivity contribution in [3.8, 4) is 0 Å². The number of imide groups is 1. The summed E-state index contributed by atoms with van der Waals surface area (Å²) in [5.41, 5.74) is 0.961. The molecule has 0 radical (unpaired) electrons. The highest BCUT2D eigenvalue weighted by atomic mass is 16.5. The number of Topliss-reactive ketones (excluding diaryl/α,β-unsaturated/α-hetero) is 1. The third-order valence-corrected chi connectivity index (χ3v) is 4.16. The van der Waals surface area contributed by atoms with E-state index in [1.165, 1.54) is 12.1 Å². The van der Waals surface area contributed by atoms with Gasteiger partial charge in [-0.05, 0) is 18.6 Å². The van der Waals surface area contributed by atoms with Gasteiger partial charge in [-0.3, -0.25) is 24.1 Å². The molecule has 1 atom stereocenters. The van der Waals surface area contributed by atoms with E-state index in [-0.39, 0.29) is 16.9 Å². The summed E-state index contributed by atoms with van der Waals surface area (Å²) in [5, 5.41) is 0. The fraction of sp³-hybridized carbons (Fsp3) is 0.200. The molecular formula is C20H17NO5. The molecule has 6 heteroatoms. The highest BCUT2D eigenvalue weighted by Gasteiger charge is 2.37. The fourth-order valence-corrected chi connectivity index (χ4v) is 2.82. The van der Waals surface area contributed by atoms with Crippen molar-refractivity contribution in [1.29, 1.82) is 0 Å². The summed E-state index contributed by atoms with van der Waals surface area (Å²) in [6.45, 7) is 1.20. The number of hydrogen-bond donors (Lipinski definition) is 0. The maximum absolute atomic E-state index is 12.4. The number of ether oxygens (including phenoxy) is 1. The first-order chi connectivity index (χ1) is 12.5. The van der Waals surface area contributed by atoms with E-state index in [0.29, 0.717) is 12.0 Å². The number of carbonyl (C=O) groups is 4. The van der Waals surface area contributed by atoms with E-state index in [0.717, 1.165) is 4.90 Å². The topological polar surface area (TPSA) is 80.8 Å². The van der Waals surface area contributed by atoms with Crippen LogP contribution in [0.5, 0.6) is 0 Å². The molecule has 2 aromatic carbocycles. The Balaban J connectivity index is 1.68. The summed E-state index contributed by atoms with van der Waals surface area (Å²) < 4.78 is 5.24. The van der Waals surface area contributed by atoms with E-state index in [1.54, 1.807) is 49.4 Å². The van der Waals surface area contributed by atoms with Crippen LogP contribution in [-0.4, -0.2) is 41.1 Å². The smallest absolute Gasteiger partial charge is 0.326 e. The van der Waals surface area contributed by atoms with E-state index in [1.807, 2.05) is 0 Å². The summed E-state index contributed by atoms with van der Waals surface area (Å²) in [7, 11) is 0. The first-order valence-electron chi connectivity index (χ1n) is 8.27. The van der Waals surface area contributed by atoms with Crippen molar-refractivity contribution in [2.24, 2.45) is 0 Å². The van der Waals surface area contributed by atoms with Crippen molar-refractivity contribution in [3.05, 3.63) is 71.3 Å². The van der Waals surface area contributed by atoms with Crippen LogP contribution in [0, 0.1) is 0 Å². The minimum absolute atomic E-state index is 0.262. The van der Waals surface area contributed by atoms with Gasteiger partial charge in [0.15, 0.2) is 6.10 Å². The molecule has 0 N–H and O–H groups in total. The molecule has 1 aliphatic rings. The van der Waals surface area contributed by atoms with Crippen LogP contribution in [0.3, 0.4) is 0 Å². The summed E-state index contributed by atoms with van der Waals surface area (Å²) in [5.74, 6) is -2.19. The molecule has 132 valence electrons. The molecule has 26 heavy (non-hydrogen) atoms. The maximum atomic E-state index is 12.4. The van der Waals surface area contributed by atoms with Crippen LogP contribution in [0.1, 0.15) is 44.4 Å². The molecule has 0 saturated heterocycles. The quantitative estimate of drug-likeness (QED) is 0.454. The SMILES string of the molecule is CC[C@@H](OC(=O)CN1C(=O)c2ccccc2C1=O)C(=O)c1ccccc1. The van der Waals surface area contributed by atoms with Gasteiger partial charge in [0.2, 0.25) is 5.78 Å². The van der Waals surface area contributed by atoms with Gasteiger partial charge in [-0.15, -0.1) is 0 Å². The Morgan fingerprint density at radius 2 is 1.46 bits per heavy atom. The van der Waals surface area contributed by atoms with Gasteiger partial charge in [-0.25, -0.2) is 0 Å². The lowest BCUT2D eigenvalue weighted by Gasteiger charge is -2.18. The number of hydrogen-bond acceptors (Lipinski definition) is 5. The van der Waals surface area contributed by atoms with Crippen LogP contribution >= 0.6 is 0 Å². The molecule has 3 rings (SSSR count). The van der Waals surface area contributed by atoms with E-state index >= 15 is 0 Å². The van der Waals surface area contributed by atoms with Crippen molar-refractivity contribution < 1.29 is 23.9 Å². The molecule has 1 heterocycles. The van der Waals surface area contributed by atoms with Crippen LogP contribution in [0.25, 0.3) is 0 Å². The van der Waals surface area contributed by atoms with Crippen molar-refractivity contribution in [1.82, 2.24) is 4.90 Å². The molecule has 6 nitrogen and oxygen atoms in total. The molecule has 2 amide bonds. The summed E-state index contributed by atoms with van der Waals surface area (Å²) >= 11 is 0. The van der Waals surface area contributed by atoms with Crippen molar-refractivity contribution in [2.45, 2.75) is 19.4 Å². The number of amides is 2. The lowest BCUT2D eigenvalue weighted by atomic mass is 10.0. The van der Waals surface area contributed by atoms with Gasteiger partial charge >= 0.3 is 5.97 Å². The second-order valence-corrected chi connectivity index (χ2v) is 5.86. The molecule has 0 aromatic heterocycles. The maximum Gasteiger partial charge on any atom is 0.326 e. The van der Waals surface area contributed by atoms with Gasteiger partial charge in [0.05, 0.1) is 11.1 Å². The van der Waals surface area contributed by atoms with Crippen molar-refractivity contribution in [2.75, 3.05) is 6.54 Å². The molecule has 0 aliphatic carbocycles. The average Bonchev–Trinajstić information content (AvgIpc) is 2.91. The van der Waals surface area contributed by atoms with E-state index in [9.17, 15) is 19.2 Å². The second kappa shape index (κ2) is 7.31. The van der Waals surface area contributed by atoms with Gasteiger partial charge in [-0.2, -0.15) is 0 Å². The van der Waals surface area contributed by atoms with Gasteiger partial charge in [-0.1, -0.05) is 49.4 Å². The largest absolute Gasteiger partial charge is 0.453 e. The number of carbonyl (C=O) groups excluding carboxylic acids is 4. The van der Waals surface area contributed by atoms with Crippen LogP contribution in [0.15, 0.2) is 54.6 Å². The summed E-state index contributed by atoms with van der Waals surface area (Å²) in [4.78, 5) is 50.1. The van der Waals surface area contributed by atoms with Crippen LogP contribution < -0.4 is 0 Å². The highest BCUT2D eigenvalue weighted by Crippen LogP contribution is 2.22. The zero-order valence-electron chi connectivity index (χ0n) is 14.2. The lowest BCUT2D eigenvalue weighted by molar-refractivity contribution is -0.147. The Kier molecular flexibility index (Phi) is 4.93. The number of ketones is 1. The monoisotopic (exact) mass is 351 g/mol. The van der Waals surface area contributed by atoms with Crippen molar-refractivity contribution in [3.63, 3.8) is 0 Å². The highest BCUT2D eigenvalue weighted by molar-refractivity contribution is 6.22. The zero-order valence-corrected chi connectivity index (χ0v) is 14.2. The summed E-state index contributed by atoms with van der Waals surface area (Å²) in [6.07, 6.45) is -0.665. The lowest BCUT2D eigenvalue weighted by Crippen LogP contribution is -2.38. The van der Waals surface area contributed by atoms with Crippen LogP contribution in [0.2, 0.25) is 0 Å². The predicted octanol–water partition coefficient (Wildman–Crippen LogP) is 2.49. The molecule has 0 bridgehead atoms. The predicted molar refractivity (Wildman–Crippen MR) is 92.8 cm³/mol. The molecule has 2 aromatic rings. The molecular weight excluding hydrogens is 334 g/mol. The fourth-order valence-electron chi connectivity index (χ4n) is 2.82. The standard InChI is InChI=1S/C20H17NO5/c1-2-16(18(23)13-8-4-3-5-9-13)26-17(22)12-21-19(24)14-10-6-7-11-15(14)20(21)25/h3-11,16H,2,12H2,1H3/t16-/m1/s1. The van der Waals surface area contributed by atoms with Gasteiger partial charge in [0.1, 0.15) is 6.54 Å². The van der Waals surface area contributed by atoms with Crippen LogP contribution in [-0.2, 0) is 9.53 Å². The third-order valence-electron chi connectivity index (χ3n) is 4.16. The van der Waals surface area contributed by atoms with Crippen LogP contribution in [0.4, 0.5) is 0 Å². The Bertz CT molecular complexity index is 840. The zero-order chi connectivity index (χ0) is 18.7. The van der Waals surface area contributed by atoms with E-state index in [2.05, 4.69) is 0 Å². The van der Waals surface area contributed by atoms with E-state index in [4.69, 9.17) is 4.74 Å². The molecule has 0 spiro atoms. The number of esters is 1. The summed E-state index contributed by atoms with van der Waals surface area (Å²) in [6, 6.07) is 14.9. The Hall–Kier alpha value is -3.28. The van der Waals surface area contributed by atoms with Crippen molar-refractivity contribution >= 4 is 23.6 Å². The normalized spacial score (nSPS) is 14.1. The first-order valence-corrected chi connectivity index (χ1v) is 8.27. The Morgan fingerprint density at radius 3 is 2.00 bits per heavy atom. The van der Waals surface area contributed by atoms with E-state index < -0.39 is 30.4 Å². The average molecular weight is 351 g/mol. The Morgan fingerprint density at radius 1 is 0.923 bits per heavy atom. The Labute approximate surface area is 150 Å². The molecule has 0 fully saturated rings. The minimum Gasteiger partial charge on any atom is -0.453 e. The van der Waals surface area contributed by atoms with Gasteiger partial charge < -0.3 is 4.74 Å². The second-order valence-electron chi connectivity index (χ2n) is 5.86. The number of fused-ring (bicyclic) bond motifs is 1. The number of rotatable bonds is 6. The first kappa shape index (κ1) is 17.5. The van der Waals surface area contributed by atoms with Gasteiger partial charge in [0.25, 0.3) is 11.8 Å². The molecule has 0 saturated carbocycles. The molecule has 0 unspecified atom stereocenters. The minimum atomic E-state index is -0.958. The molecule has 1 aliphatic heterocycles. The number of nitrogens with zero attached hydrogens (tertiary/aromatic N) is 1. The third kappa shape index (κ3) is 3.26. The van der Waals surface area contributed by atoms with Gasteiger partial charge in [0, 0.05) is 5.56 Å². The number of benzene rings is 2.